The number of hydrogen-bond acceptors (Lipinski definition) is 3. The molecule has 0 aromatic rings. The van der Waals surface area contributed by atoms with Gasteiger partial charge in [-0.05, 0) is 32.2 Å². The van der Waals surface area contributed by atoms with Crippen molar-refractivity contribution in [3.8, 4) is 0 Å². The highest BCUT2D eigenvalue weighted by Gasteiger charge is 2.25. The van der Waals surface area contributed by atoms with Crippen LogP contribution < -0.4 is 0 Å². The molecule has 0 aromatic heterocycles. The summed E-state index contributed by atoms with van der Waals surface area (Å²) in [5.74, 6) is 0.810. The van der Waals surface area contributed by atoms with Crippen molar-refractivity contribution in [2.45, 2.75) is 46.0 Å². The maximum Gasteiger partial charge on any atom is 0.101 e. The largest absolute Gasteiger partial charge is 0.324 e. The average Bonchev–Trinajstić information content (AvgIpc) is 2.88. The zero-order valence-electron chi connectivity index (χ0n) is 13.9. The summed E-state index contributed by atoms with van der Waals surface area (Å²) in [7, 11) is 7.36. The Morgan fingerprint density at radius 2 is 1.87 bits per heavy atom. The molecule has 23 heavy (non-hydrogen) atoms. The lowest BCUT2D eigenvalue weighted by molar-refractivity contribution is 0.542. The lowest BCUT2D eigenvalue weighted by Crippen LogP contribution is -1.94. The SMILES string of the molecule is CC(C)CCCCP1(=O)CCCC1.O=S(=S)=PP(PP)P(P)P. The Bertz CT molecular complexity index is 476. The van der Waals surface area contributed by atoms with Crippen LogP contribution in [-0.4, -0.2) is 22.7 Å². The molecule has 0 amide bonds. The van der Waals surface area contributed by atoms with Gasteiger partial charge in [0.25, 0.3) is 0 Å². The lowest BCUT2D eigenvalue weighted by atomic mass is 10.1. The first-order valence-electron chi connectivity index (χ1n) is 7.64. The van der Waals surface area contributed by atoms with E-state index in [4.69, 9.17) is 0 Å². The maximum absolute atomic E-state index is 12.1. The molecule has 2 nitrogen and oxygen atoms in total. The van der Waals surface area contributed by atoms with Gasteiger partial charge in [0.15, 0.2) is 0 Å². The zero-order valence-corrected chi connectivity index (χ0v) is 23.6. The van der Waals surface area contributed by atoms with Crippen LogP contribution in [0, 0.1) is 5.92 Å². The van der Waals surface area contributed by atoms with Gasteiger partial charge in [0.2, 0.25) is 0 Å². The summed E-state index contributed by atoms with van der Waals surface area (Å²) in [6.07, 6.45) is 9.38. The van der Waals surface area contributed by atoms with Crippen LogP contribution in [0.3, 0.4) is 0 Å². The fourth-order valence-corrected chi connectivity index (χ4v) is 47.6. The van der Waals surface area contributed by atoms with Crippen molar-refractivity contribution in [2.24, 2.45) is 5.92 Å². The van der Waals surface area contributed by atoms with Crippen LogP contribution in [0.1, 0.15) is 46.0 Å². The van der Waals surface area contributed by atoms with Crippen LogP contribution in [-0.2, 0) is 24.3 Å². The van der Waals surface area contributed by atoms with Crippen molar-refractivity contribution in [3.63, 3.8) is 0 Å². The van der Waals surface area contributed by atoms with Crippen LogP contribution in [0.25, 0.3) is 0 Å². The third-order valence-corrected chi connectivity index (χ3v) is 43.3. The molecule has 138 valence electrons. The maximum atomic E-state index is 12.1. The molecule has 0 aliphatic carbocycles. The predicted octanol–water partition coefficient (Wildman–Crippen LogP) is 7.79. The lowest BCUT2D eigenvalue weighted by Gasteiger charge is -2.10. The molecule has 1 fully saturated rings. The van der Waals surface area contributed by atoms with Crippen molar-refractivity contribution in [3.05, 3.63) is 0 Å². The van der Waals surface area contributed by atoms with Gasteiger partial charge in [-0.1, -0.05) is 34.6 Å². The van der Waals surface area contributed by atoms with Gasteiger partial charge in [-0.25, -0.2) is 4.21 Å². The molecule has 5 unspecified atom stereocenters. The Hall–Kier alpha value is 3.35. The molecule has 12 heteroatoms. The summed E-state index contributed by atoms with van der Waals surface area (Å²) in [6, 6.07) is 0. The van der Waals surface area contributed by atoms with E-state index in [0.29, 0.717) is 0 Å². The van der Waals surface area contributed by atoms with E-state index >= 15 is 0 Å². The molecular weight excluding hydrogens is 476 g/mol. The van der Waals surface area contributed by atoms with E-state index in [1.165, 1.54) is 32.1 Å². The number of rotatable bonds is 8. The molecule has 0 N–H and O–H groups in total. The highest BCUT2D eigenvalue weighted by atomic mass is 33.1. The Kier molecular flexibility index (Phi) is 17.5. The van der Waals surface area contributed by atoms with Crippen molar-refractivity contribution in [1.29, 1.82) is 0 Å². The van der Waals surface area contributed by atoms with Gasteiger partial charge < -0.3 is 4.57 Å². The molecule has 0 radical (unpaired) electrons. The van der Waals surface area contributed by atoms with E-state index in [9.17, 15) is 8.77 Å². The fourth-order valence-electron chi connectivity index (χ4n) is 2.28. The Morgan fingerprint density at radius 1 is 1.30 bits per heavy atom. The molecule has 0 aromatic carbocycles. The molecule has 1 aliphatic rings. The Balaban J connectivity index is 0.000000438. The molecule has 1 heterocycles. The minimum Gasteiger partial charge on any atom is -0.324 e. The first kappa shape index (κ1) is 26.4. The summed E-state index contributed by atoms with van der Waals surface area (Å²) >= 11 is 4.60. The Labute approximate surface area is 161 Å². The molecule has 0 bridgehead atoms. The molecule has 1 rings (SSSR count). The standard InChI is InChI=1S/C11H23OP.H7OP7S2/c1-11(2)7-3-4-8-13(12)9-5-6-10-13;1-10(9)6-8(5-2)7(3)4/h11H,3-10H2,1-2H3;5H,2-4H2. The quantitative estimate of drug-likeness (QED) is 0.249. The molecule has 1 aliphatic heterocycles. The Morgan fingerprint density at radius 3 is 2.22 bits per heavy atom. The molecule has 0 saturated carbocycles. The van der Waals surface area contributed by atoms with Crippen molar-refractivity contribution >= 4 is 82.6 Å². The summed E-state index contributed by atoms with van der Waals surface area (Å²) in [6.45, 7) is 4.34. The van der Waals surface area contributed by atoms with Crippen molar-refractivity contribution in [1.82, 2.24) is 0 Å². The van der Waals surface area contributed by atoms with Gasteiger partial charge in [-0.15, -0.1) is 26.8 Å². The monoisotopic (exact) mass is 506 g/mol. The minimum absolute atomic E-state index is 0.0789. The van der Waals surface area contributed by atoms with Crippen LogP contribution >= 0.6 is 62.9 Å². The summed E-state index contributed by atoms with van der Waals surface area (Å²) < 4.78 is 22.7. The highest BCUT2D eigenvalue weighted by Crippen LogP contribution is 2.93. The number of hydrogen-bond donors (Lipinski definition) is 0. The topological polar surface area (TPSA) is 34.1 Å². The van der Waals surface area contributed by atoms with E-state index in [1.807, 2.05) is 0 Å². The molecule has 0 spiro atoms. The number of unbranched alkanes of at least 4 members (excludes halogenated alkanes) is 1. The van der Waals surface area contributed by atoms with Crippen molar-refractivity contribution in [2.75, 3.05) is 18.5 Å². The second-order valence-electron chi connectivity index (χ2n) is 5.92. The third-order valence-electron chi connectivity index (χ3n) is 3.46. The van der Waals surface area contributed by atoms with Gasteiger partial charge >= 0.3 is 0 Å². The van der Waals surface area contributed by atoms with E-state index in [2.05, 4.69) is 51.8 Å². The molecule has 1 saturated heterocycles. The van der Waals surface area contributed by atoms with Gasteiger partial charge in [-0.2, -0.15) is 0 Å². The van der Waals surface area contributed by atoms with Crippen LogP contribution in [0.4, 0.5) is 0 Å². The molecule has 5 atom stereocenters. The zero-order chi connectivity index (χ0) is 17.9. The van der Waals surface area contributed by atoms with Crippen molar-refractivity contribution < 1.29 is 8.77 Å². The smallest absolute Gasteiger partial charge is 0.101 e. The van der Waals surface area contributed by atoms with E-state index in [-0.39, 0.29) is 14.0 Å². The second-order valence-corrected chi connectivity index (χ2v) is 35.3. The van der Waals surface area contributed by atoms with Crippen LogP contribution in [0.15, 0.2) is 0 Å². The second kappa shape index (κ2) is 15.3. The van der Waals surface area contributed by atoms with Crippen LogP contribution in [0.5, 0.6) is 0 Å². The van der Waals surface area contributed by atoms with Crippen LogP contribution in [0.2, 0.25) is 0 Å². The van der Waals surface area contributed by atoms with Gasteiger partial charge in [-0.3, -0.25) is 0 Å². The van der Waals surface area contributed by atoms with Gasteiger partial charge in [0.05, 0.1) is 7.14 Å². The first-order valence-corrected chi connectivity index (χ1v) is 24.5. The highest BCUT2D eigenvalue weighted by molar-refractivity contribution is 9.01. The summed E-state index contributed by atoms with van der Waals surface area (Å²) in [4.78, 5) is 0. The van der Waals surface area contributed by atoms with E-state index < -0.39 is 15.7 Å². The summed E-state index contributed by atoms with van der Waals surface area (Å²) in [5.41, 5.74) is 0. The molecular formula is C11H30O2P8S2. The van der Waals surface area contributed by atoms with Gasteiger partial charge in [0.1, 0.15) is 8.54 Å². The third kappa shape index (κ3) is 15.0. The van der Waals surface area contributed by atoms with E-state index in [0.717, 1.165) is 39.4 Å². The van der Waals surface area contributed by atoms with Gasteiger partial charge in [0, 0.05) is 43.7 Å². The first-order chi connectivity index (χ1) is 10.7. The minimum atomic E-state index is -1.63. The normalized spacial score (nSPS) is 18.6. The average molecular weight is 506 g/mol. The predicted molar refractivity (Wildman–Crippen MR) is 134 cm³/mol. The fraction of sp³-hybridized carbons (Fsp3) is 1.00. The summed E-state index contributed by atoms with van der Waals surface area (Å²) in [5, 5.41) is 0. The van der Waals surface area contributed by atoms with E-state index in [1.54, 1.807) is 0 Å².